The lowest BCUT2D eigenvalue weighted by Crippen LogP contribution is -2.20. The molecule has 0 unspecified atom stereocenters. The molecular formula is C57H65ClN8O3. The van der Waals surface area contributed by atoms with Crippen LogP contribution in [0.15, 0.2) is 137 Å². The molecular weight excluding hydrogens is 880 g/mol. The highest BCUT2D eigenvalue weighted by atomic mass is 35.5. The number of pyridine rings is 2. The molecule has 0 saturated carbocycles. The minimum absolute atomic E-state index is 0.0465. The van der Waals surface area contributed by atoms with Crippen molar-refractivity contribution in [3.63, 3.8) is 0 Å². The van der Waals surface area contributed by atoms with E-state index in [-0.39, 0.29) is 22.7 Å². The van der Waals surface area contributed by atoms with Crippen molar-refractivity contribution < 1.29 is 5.11 Å². The molecule has 0 aliphatic carbocycles. The number of aromatic hydroxyl groups is 1. The smallest absolute Gasteiger partial charge is 0.248 e. The lowest BCUT2D eigenvalue weighted by atomic mass is 10.0. The highest BCUT2D eigenvalue weighted by Crippen LogP contribution is 2.30. The first-order chi connectivity index (χ1) is 33.0. The van der Waals surface area contributed by atoms with Crippen LogP contribution in [-0.2, 0) is 0 Å². The number of nitrogens with one attached hydrogen (secondary N) is 4. The van der Waals surface area contributed by atoms with Crippen LogP contribution in [0.4, 0.5) is 11.4 Å². The van der Waals surface area contributed by atoms with E-state index in [4.69, 9.17) is 11.6 Å². The number of rotatable bonds is 5. The van der Waals surface area contributed by atoms with E-state index in [1.807, 2.05) is 50.2 Å². The maximum Gasteiger partial charge on any atom is 0.248 e. The molecule has 4 aromatic heterocycles. The van der Waals surface area contributed by atoms with Gasteiger partial charge < -0.3 is 25.7 Å². The lowest BCUT2D eigenvalue weighted by molar-refractivity contribution is 0.476. The zero-order valence-corrected chi connectivity index (χ0v) is 42.1. The van der Waals surface area contributed by atoms with Crippen LogP contribution in [0.25, 0.3) is 43.6 Å². The quantitative estimate of drug-likeness (QED) is 0.113. The van der Waals surface area contributed by atoms with Gasteiger partial charge in [-0.2, -0.15) is 10.2 Å². The Kier molecular flexibility index (Phi) is 17.7. The third-order valence-electron chi connectivity index (χ3n) is 11.7. The van der Waals surface area contributed by atoms with Gasteiger partial charge in [0.05, 0.1) is 33.6 Å². The third kappa shape index (κ3) is 14.0. The van der Waals surface area contributed by atoms with Crippen molar-refractivity contribution in [3.05, 3.63) is 181 Å². The molecule has 11 nitrogen and oxygen atoms in total. The number of hydrogen-bond donors (Lipinski definition) is 5. The zero-order valence-electron chi connectivity index (χ0n) is 41.4. The number of nitrogens with zero attached hydrogens (tertiary/aromatic N) is 4. The molecule has 1 aliphatic heterocycles. The second kappa shape index (κ2) is 23.8. The fourth-order valence-electron chi connectivity index (χ4n) is 7.39. The highest BCUT2D eigenvalue weighted by Gasteiger charge is 2.10. The van der Waals surface area contributed by atoms with E-state index in [1.54, 1.807) is 42.9 Å². The predicted octanol–water partition coefficient (Wildman–Crippen LogP) is 13.8. The van der Waals surface area contributed by atoms with Crippen LogP contribution in [0.1, 0.15) is 127 Å². The van der Waals surface area contributed by atoms with Crippen LogP contribution in [0, 0.1) is 0 Å². The molecule has 10 rings (SSSR count). The van der Waals surface area contributed by atoms with Gasteiger partial charge in [-0.3, -0.25) is 9.59 Å². The van der Waals surface area contributed by atoms with Crippen LogP contribution >= 0.6 is 11.6 Å². The van der Waals surface area contributed by atoms with E-state index in [0.29, 0.717) is 28.7 Å². The molecule has 0 bridgehead atoms. The van der Waals surface area contributed by atoms with Gasteiger partial charge in [0.1, 0.15) is 11.6 Å². The van der Waals surface area contributed by atoms with E-state index in [1.165, 1.54) is 39.0 Å². The van der Waals surface area contributed by atoms with Gasteiger partial charge in [0.2, 0.25) is 5.56 Å². The van der Waals surface area contributed by atoms with Crippen molar-refractivity contribution in [3.8, 4) is 5.75 Å². The summed E-state index contributed by atoms with van der Waals surface area (Å²) in [6.45, 7) is 23.5. The average Bonchev–Trinajstić information content (AvgIpc) is 3.34. The monoisotopic (exact) mass is 944 g/mol. The average molecular weight is 946 g/mol. The Balaban J connectivity index is 0.000000142. The van der Waals surface area contributed by atoms with E-state index >= 15 is 0 Å². The summed E-state index contributed by atoms with van der Waals surface area (Å²) in [5.41, 5.74) is 11.3. The summed E-state index contributed by atoms with van der Waals surface area (Å²) in [6.07, 6.45) is 5.11. The molecule has 0 saturated heterocycles. The van der Waals surface area contributed by atoms with Crippen LogP contribution in [0.2, 0.25) is 5.02 Å². The largest absolute Gasteiger partial charge is 0.506 e. The molecule has 69 heavy (non-hydrogen) atoms. The molecule has 5 heterocycles. The van der Waals surface area contributed by atoms with Crippen LogP contribution in [0.5, 0.6) is 5.75 Å². The number of phenols is 1. The molecule has 0 spiro atoms. The fourth-order valence-corrected chi connectivity index (χ4v) is 7.55. The number of phenolic OH excluding ortho intramolecular Hbond substituents is 1. The molecule has 0 amide bonds. The molecule has 5 aromatic carbocycles. The second-order valence-electron chi connectivity index (χ2n) is 18.7. The van der Waals surface area contributed by atoms with Crippen LogP contribution < -0.4 is 21.6 Å². The summed E-state index contributed by atoms with van der Waals surface area (Å²) in [6, 6.07) is 35.3. The summed E-state index contributed by atoms with van der Waals surface area (Å²) < 4.78 is 0. The maximum absolute atomic E-state index is 11.5. The minimum Gasteiger partial charge on any atom is -0.506 e. The Labute approximate surface area is 409 Å². The summed E-state index contributed by atoms with van der Waals surface area (Å²) in [5, 5.41) is 28.2. The third-order valence-corrected chi connectivity index (χ3v) is 12.0. The summed E-state index contributed by atoms with van der Waals surface area (Å²) >= 11 is 5.81. The van der Waals surface area contributed by atoms with Gasteiger partial charge >= 0.3 is 0 Å². The molecule has 5 N–H and O–H groups in total. The number of fused-ring (bicyclic) bond motifs is 5. The van der Waals surface area contributed by atoms with Crippen molar-refractivity contribution in [2.75, 3.05) is 23.7 Å². The van der Waals surface area contributed by atoms with Crippen molar-refractivity contribution in [1.82, 2.24) is 30.1 Å². The van der Waals surface area contributed by atoms with Crippen molar-refractivity contribution in [1.29, 1.82) is 0 Å². The first kappa shape index (κ1) is 51.3. The van der Waals surface area contributed by atoms with Gasteiger partial charge in [0.25, 0.3) is 0 Å². The van der Waals surface area contributed by atoms with E-state index < -0.39 is 0 Å². The van der Waals surface area contributed by atoms with Gasteiger partial charge in [-0.1, -0.05) is 105 Å². The highest BCUT2D eigenvalue weighted by molar-refractivity contribution is 6.32. The Bertz CT molecular complexity index is 3260. The molecule has 0 atom stereocenters. The topological polar surface area (TPSA) is 162 Å². The van der Waals surface area contributed by atoms with Gasteiger partial charge in [-0.25, -0.2) is 9.97 Å². The normalized spacial score (nSPS) is 11.8. The molecule has 9 aromatic rings. The van der Waals surface area contributed by atoms with Gasteiger partial charge in [0, 0.05) is 70.7 Å². The van der Waals surface area contributed by atoms with E-state index in [0.717, 1.165) is 57.1 Å². The number of anilines is 2. The molecule has 0 radical (unpaired) electrons. The summed E-state index contributed by atoms with van der Waals surface area (Å²) in [7, 11) is 0. The Morgan fingerprint density at radius 2 is 1.17 bits per heavy atom. The molecule has 12 heteroatoms. The van der Waals surface area contributed by atoms with Crippen LogP contribution in [-0.4, -0.2) is 48.3 Å². The van der Waals surface area contributed by atoms with Crippen molar-refractivity contribution in [2.45, 2.75) is 98.8 Å². The fraction of sp³-hybridized carbons (Fsp3) is 0.298. The molecule has 358 valence electrons. The van der Waals surface area contributed by atoms with Crippen molar-refractivity contribution in [2.24, 2.45) is 0 Å². The predicted molar refractivity (Wildman–Crippen MR) is 289 cm³/mol. The number of hydrogen-bond acceptors (Lipinski definition) is 9. The molecule has 1 aliphatic rings. The first-order valence-electron chi connectivity index (χ1n) is 23.7. The van der Waals surface area contributed by atoms with Gasteiger partial charge in [0.15, 0.2) is 5.43 Å². The van der Waals surface area contributed by atoms with Crippen LogP contribution in [0.3, 0.4) is 0 Å². The Morgan fingerprint density at radius 1 is 0.565 bits per heavy atom. The van der Waals surface area contributed by atoms with Gasteiger partial charge in [-0.15, -0.1) is 0 Å². The number of halogens is 1. The second-order valence-corrected chi connectivity index (χ2v) is 19.1. The minimum atomic E-state index is -0.0465. The Morgan fingerprint density at radius 3 is 1.86 bits per heavy atom. The summed E-state index contributed by atoms with van der Waals surface area (Å²) in [4.78, 5) is 37.0. The SMILES string of the molecule is CC(C)c1ccc2[nH]c(=O)ccc2c1.CC(C)c1ccc2[nH]ccc(=O)c2c1.CC(C)c1ccc2c(c1)NCCN2.CC(C)c1ccc2nnccc2c1.CC(C)c1ncc2cc(O)c(Cl)cc2n1. The lowest BCUT2D eigenvalue weighted by Gasteiger charge is -2.21. The van der Waals surface area contributed by atoms with Crippen molar-refractivity contribution >= 4 is 66.6 Å². The van der Waals surface area contributed by atoms with E-state index in [2.05, 4.69) is 145 Å². The molecule has 0 fully saturated rings. The number of H-pyrrole nitrogens is 2. The van der Waals surface area contributed by atoms with Gasteiger partial charge in [-0.05, 0) is 124 Å². The number of aromatic nitrogens is 6. The summed E-state index contributed by atoms with van der Waals surface area (Å²) in [5.74, 6) is 3.27. The number of benzene rings is 5. The maximum atomic E-state index is 11.5. The first-order valence-corrected chi connectivity index (χ1v) is 24.1. The number of aromatic amines is 2. The van der Waals surface area contributed by atoms with E-state index in [9.17, 15) is 14.7 Å². The zero-order chi connectivity index (χ0) is 49.8. The Hall–Kier alpha value is -7.11. The standard InChI is InChI=1S/2C12H13NO.C11H11ClN2O.C11H12N2.C11H16N2/c1-8(2)9-3-5-11-10(7-9)4-6-12(14)13-11;1-8(2)9-3-4-11-10(7-9)12(14)5-6-13-11;1-6(2)11-13-5-7-3-10(15)8(12)4-9(7)14-11;1-8(2)9-3-4-11-10(7-9)5-6-12-13-11;1-8(2)9-3-4-10-11(7-9)13-6-5-12-10/h2*3-8H,1-2H3,(H,13,14);3-6,15H,1-2H3;3-8H,1-2H3;3-4,7-8,12-13H,5-6H2,1-2H3.